The van der Waals surface area contributed by atoms with Crippen LogP contribution in [0, 0.1) is 0 Å². The smallest absolute Gasteiger partial charge is 0.410 e. The number of benzene rings is 1. The Morgan fingerprint density at radius 2 is 1.79 bits per heavy atom. The molecule has 2 amide bonds. The number of carbonyl (C=O) groups is 2. The Kier molecular flexibility index (Phi) is 5.52. The van der Waals surface area contributed by atoms with Gasteiger partial charge in [0.05, 0.1) is 12.5 Å². The molecule has 1 aliphatic heterocycles. The molecule has 1 heterocycles. The number of hydrogen-bond acceptors (Lipinski definition) is 3. The van der Waals surface area contributed by atoms with Gasteiger partial charge in [-0.15, -0.1) is 0 Å². The first-order chi connectivity index (χ1) is 11.1. The lowest BCUT2D eigenvalue weighted by Crippen LogP contribution is -2.61. The zero-order valence-electron chi connectivity index (χ0n) is 15.3. The van der Waals surface area contributed by atoms with Crippen LogP contribution >= 0.6 is 0 Å². The van der Waals surface area contributed by atoms with Gasteiger partial charge in [-0.2, -0.15) is 0 Å². The standard InChI is InChI=1S/C19H28N2O3/c1-13(2)15-8-6-14(7-9-15)10-17(22)20-16-11-21(12-16)18(23)24-19(3,4)5/h6-9,13,16H,10-12H2,1-5H3,(H,20,22). The van der Waals surface area contributed by atoms with Crippen molar-refractivity contribution in [1.29, 1.82) is 0 Å². The van der Waals surface area contributed by atoms with Crippen molar-refractivity contribution in [3.8, 4) is 0 Å². The van der Waals surface area contributed by atoms with E-state index < -0.39 is 5.60 Å². The van der Waals surface area contributed by atoms with E-state index >= 15 is 0 Å². The van der Waals surface area contributed by atoms with Crippen molar-refractivity contribution in [2.45, 2.75) is 58.6 Å². The minimum absolute atomic E-state index is 0.0128. The second-order valence-corrected chi connectivity index (χ2v) is 7.72. The number of nitrogens with zero attached hydrogens (tertiary/aromatic N) is 1. The number of amides is 2. The third kappa shape index (κ3) is 5.25. The number of carbonyl (C=O) groups excluding carboxylic acids is 2. The van der Waals surface area contributed by atoms with Gasteiger partial charge < -0.3 is 15.0 Å². The highest BCUT2D eigenvalue weighted by Gasteiger charge is 2.34. The van der Waals surface area contributed by atoms with Crippen molar-refractivity contribution in [3.05, 3.63) is 35.4 Å². The summed E-state index contributed by atoms with van der Waals surface area (Å²) in [7, 11) is 0. The van der Waals surface area contributed by atoms with Crippen LogP contribution in [0.15, 0.2) is 24.3 Å². The summed E-state index contributed by atoms with van der Waals surface area (Å²) in [6.45, 7) is 10.8. The summed E-state index contributed by atoms with van der Waals surface area (Å²) in [4.78, 5) is 25.5. The molecule has 0 aromatic heterocycles. The molecular formula is C19H28N2O3. The van der Waals surface area contributed by atoms with Gasteiger partial charge in [-0.3, -0.25) is 4.79 Å². The summed E-state index contributed by atoms with van der Waals surface area (Å²) in [6, 6.07) is 8.16. The van der Waals surface area contributed by atoms with Crippen LogP contribution in [0.25, 0.3) is 0 Å². The molecule has 1 aromatic rings. The monoisotopic (exact) mass is 332 g/mol. The van der Waals surface area contributed by atoms with Gasteiger partial charge in [-0.05, 0) is 37.8 Å². The van der Waals surface area contributed by atoms with Crippen molar-refractivity contribution < 1.29 is 14.3 Å². The third-order valence-electron chi connectivity index (χ3n) is 3.91. The minimum atomic E-state index is -0.492. The fraction of sp³-hybridized carbons (Fsp3) is 0.579. The largest absolute Gasteiger partial charge is 0.444 e. The predicted molar refractivity (Wildman–Crippen MR) is 94.0 cm³/mol. The molecule has 2 rings (SSSR count). The molecule has 5 heteroatoms. The van der Waals surface area contributed by atoms with Crippen LogP contribution in [0.2, 0.25) is 0 Å². The second kappa shape index (κ2) is 7.24. The molecule has 0 aliphatic carbocycles. The third-order valence-corrected chi connectivity index (χ3v) is 3.91. The molecule has 1 N–H and O–H groups in total. The lowest BCUT2D eigenvalue weighted by atomic mass is 10.0. The summed E-state index contributed by atoms with van der Waals surface area (Å²) >= 11 is 0. The molecule has 0 radical (unpaired) electrons. The fourth-order valence-corrected chi connectivity index (χ4v) is 2.53. The molecule has 5 nitrogen and oxygen atoms in total. The normalized spacial score (nSPS) is 15.2. The summed E-state index contributed by atoms with van der Waals surface area (Å²) in [5.74, 6) is 0.475. The van der Waals surface area contributed by atoms with Crippen LogP contribution in [-0.2, 0) is 16.0 Å². The van der Waals surface area contributed by atoms with Gasteiger partial charge in [-0.1, -0.05) is 38.1 Å². The molecule has 0 saturated carbocycles. The van der Waals surface area contributed by atoms with Crippen LogP contribution in [0.5, 0.6) is 0 Å². The molecule has 1 aromatic carbocycles. The molecule has 0 atom stereocenters. The number of nitrogens with one attached hydrogen (secondary N) is 1. The number of likely N-dealkylation sites (tertiary alicyclic amines) is 1. The highest BCUT2D eigenvalue weighted by molar-refractivity contribution is 5.79. The molecule has 0 spiro atoms. The Balaban J connectivity index is 1.74. The molecular weight excluding hydrogens is 304 g/mol. The van der Waals surface area contributed by atoms with Gasteiger partial charge in [-0.25, -0.2) is 4.79 Å². The quantitative estimate of drug-likeness (QED) is 0.922. The Morgan fingerprint density at radius 1 is 1.21 bits per heavy atom. The zero-order valence-corrected chi connectivity index (χ0v) is 15.3. The molecule has 1 fully saturated rings. The van der Waals surface area contributed by atoms with E-state index in [0.717, 1.165) is 5.56 Å². The molecule has 24 heavy (non-hydrogen) atoms. The minimum Gasteiger partial charge on any atom is -0.444 e. The maximum Gasteiger partial charge on any atom is 0.410 e. The lowest BCUT2D eigenvalue weighted by molar-refractivity contribution is -0.122. The average Bonchev–Trinajstić information content (AvgIpc) is 2.40. The maximum absolute atomic E-state index is 12.1. The predicted octanol–water partition coefficient (Wildman–Crippen LogP) is 3.09. The van der Waals surface area contributed by atoms with E-state index in [2.05, 4.69) is 31.3 Å². The first-order valence-electron chi connectivity index (χ1n) is 8.50. The Bertz CT molecular complexity index is 582. The second-order valence-electron chi connectivity index (χ2n) is 7.72. The molecule has 0 bridgehead atoms. The van der Waals surface area contributed by atoms with E-state index in [9.17, 15) is 9.59 Å². The summed E-state index contributed by atoms with van der Waals surface area (Å²) in [6.07, 6.45) is 0.0404. The van der Waals surface area contributed by atoms with Gasteiger partial charge in [0.15, 0.2) is 0 Å². The van der Waals surface area contributed by atoms with Gasteiger partial charge in [0.2, 0.25) is 5.91 Å². The molecule has 132 valence electrons. The summed E-state index contributed by atoms with van der Waals surface area (Å²) in [5.41, 5.74) is 1.78. The Hall–Kier alpha value is -2.04. The van der Waals surface area contributed by atoms with E-state index in [0.29, 0.717) is 25.4 Å². The van der Waals surface area contributed by atoms with Crippen LogP contribution < -0.4 is 5.32 Å². The van der Waals surface area contributed by atoms with E-state index in [4.69, 9.17) is 4.74 Å². The summed E-state index contributed by atoms with van der Waals surface area (Å²) in [5, 5.41) is 2.96. The first kappa shape index (κ1) is 18.3. The fourth-order valence-electron chi connectivity index (χ4n) is 2.53. The SMILES string of the molecule is CC(C)c1ccc(CC(=O)NC2CN(C(=O)OC(C)(C)C)C2)cc1. The number of hydrogen-bond donors (Lipinski definition) is 1. The van der Waals surface area contributed by atoms with Crippen molar-refractivity contribution in [2.24, 2.45) is 0 Å². The van der Waals surface area contributed by atoms with Gasteiger partial charge in [0.25, 0.3) is 0 Å². The topological polar surface area (TPSA) is 58.6 Å². The average molecular weight is 332 g/mol. The van der Waals surface area contributed by atoms with E-state index in [1.54, 1.807) is 4.90 Å². The van der Waals surface area contributed by atoms with Crippen molar-refractivity contribution >= 4 is 12.0 Å². The van der Waals surface area contributed by atoms with Gasteiger partial charge in [0.1, 0.15) is 5.60 Å². The van der Waals surface area contributed by atoms with E-state index in [1.165, 1.54) is 5.56 Å². The van der Waals surface area contributed by atoms with Crippen LogP contribution in [0.4, 0.5) is 4.79 Å². The highest BCUT2D eigenvalue weighted by atomic mass is 16.6. The Morgan fingerprint density at radius 3 is 2.29 bits per heavy atom. The van der Waals surface area contributed by atoms with Crippen molar-refractivity contribution in [3.63, 3.8) is 0 Å². The number of ether oxygens (including phenoxy) is 1. The Labute approximate surface area is 144 Å². The van der Waals surface area contributed by atoms with Gasteiger partial charge >= 0.3 is 6.09 Å². The van der Waals surface area contributed by atoms with Crippen molar-refractivity contribution in [1.82, 2.24) is 10.2 Å². The van der Waals surface area contributed by atoms with Crippen LogP contribution in [-0.4, -0.2) is 41.6 Å². The zero-order chi connectivity index (χ0) is 17.9. The van der Waals surface area contributed by atoms with Gasteiger partial charge in [0, 0.05) is 13.1 Å². The van der Waals surface area contributed by atoms with E-state index in [-0.39, 0.29) is 18.0 Å². The van der Waals surface area contributed by atoms with Crippen molar-refractivity contribution in [2.75, 3.05) is 13.1 Å². The summed E-state index contributed by atoms with van der Waals surface area (Å²) < 4.78 is 5.30. The molecule has 1 saturated heterocycles. The van der Waals surface area contributed by atoms with E-state index in [1.807, 2.05) is 32.9 Å². The lowest BCUT2D eigenvalue weighted by Gasteiger charge is -2.40. The molecule has 0 unspecified atom stereocenters. The maximum atomic E-state index is 12.1. The first-order valence-corrected chi connectivity index (χ1v) is 8.50. The molecule has 1 aliphatic rings. The van der Waals surface area contributed by atoms with Crippen LogP contribution in [0.1, 0.15) is 51.7 Å². The van der Waals surface area contributed by atoms with Crippen LogP contribution in [0.3, 0.4) is 0 Å². The highest BCUT2D eigenvalue weighted by Crippen LogP contribution is 2.16. The number of rotatable bonds is 4.